The van der Waals surface area contributed by atoms with Crippen LogP contribution in [0.4, 0.5) is 0 Å². The molecule has 1 aromatic carbocycles. The van der Waals surface area contributed by atoms with Gasteiger partial charge in [-0.2, -0.15) is 0 Å². The van der Waals surface area contributed by atoms with E-state index in [0.29, 0.717) is 6.42 Å². The molecule has 144 valence electrons. The number of hydrogen-bond donors (Lipinski definition) is 0. The van der Waals surface area contributed by atoms with Gasteiger partial charge in [0, 0.05) is 6.42 Å². The lowest BCUT2D eigenvalue weighted by Gasteiger charge is -2.15. The molecule has 0 fully saturated rings. The summed E-state index contributed by atoms with van der Waals surface area (Å²) in [5.41, 5.74) is 0.0781. The lowest BCUT2D eigenvalue weighted by Crippen LogP contribution is -2.30. The highest BCUT2D eigenvalue weighted by atomic mass is 32.2. The van der Waals surface area contributed by atoms with Crippen molar-refractivity contribution < 1.29 is 19.1 Å². The molecule has 0 aliphatic rings. The molecule has 0 aliphatic heterocycles. The van der Waals surface area contributed by atoms with Crippen molar-refractivity contribution >= 4 is 23.5 Å². The highest BCUT2D eigenvalue weighted by Crippen LogP contribution is 2.20. The van der Waals surface area contributed by atoms with E-state index in [-0.39, 0.29) is 42.1 Å². The molecule has 0 spiro atoms. The van der Waals surface area contributed by atoms with Gasteiger partial charge in [0.25, 0.3) is 5.56 Å². The Morgan fingerprint density at radius 1 is 1.19 bits per heavy atom. The molecule has 1 aromatic heterocycles. The summed E-state index contributed by atoms with van der Waals surface area (Å²) in [5.74, 6) is -1.06. The lowest BCUT2D eigenvalue weighted by atomic mass is 10.2. The first-order valence-electron chi connectivity index (χ1n) is 8.56. The SMILES string of the molecule is CCOC(=O)c1nc(SC)n(CC(=O)CC)c(=O)c1OCc1ccccc1. The summed E-state index contributed by atoms with van der Waals surface area (Å²) >= 11 is 1.17. The van der Waals surface area contributed by atoms with Crippen LogP contribution in [0.25, 0.3) is 0 Å². The fourth-order valence-corrected chi connectivity index (χ4v) is 2.85. The fraction of sp³-hybridized carbons (Fsp3) is 0.368. The van der Waals surface area contributed by atoms with Gasteiger partial charge in [0.2, 0.25) is 5.75 Å². The van der Waals surface area contributed by atoms with Crippen molar-refractivity contribution in [2.75, 3.05) is 12.9 Å². The quantitative estimate of drug-likeness (QED) is 0.369. The van der Waals surface area contributed by atoms with Crippen LogP contribution in [-0.4, -0.2) is 34.2 Å². The molecular weight excluding hydrogens is 368 g/mol. The number of ether oxygens (including phenoxy) is 2. The number of ketones is 1. The third-order valence-electron chi connectivity index (χ3n) is 3.70. The molecule has 0 aliphatic carbocycles. The Hall–Kier alpha value is -2.61. The number of thioether (sulfide) groups is 1. The van der Waals surface area contributed by atoms with Crippen LogP contribution in [0.1, 0.15) is 36.3 Å². The molecule has 0 N–H and O–H groups in total. The maximum absolute atomic E-state index is 13.0. The Kier molecular flexibility index (Phi) is 7.60. The molecule has 0 amide bonds. The van der Waals surface area contributed by atoms with Crippen LogP contribution < -0.4 is 10.3 Å². The van der Waals surface area contributed by atoms with E-state index in [4.69, 9.17) is 9.47 Å². The summed E-state index contributed by atoms with van der Waals surface area (Å²) in [6.07, 6.45) is 2.01. The second-order valence-corrected chi connectivity index (χ2v) is 6.33. The average Bonchev–Trinajstić information content (AvgIpc) is 2.69. The number of carbonyl (C=O) groups excluding carboxylic acids is 2. The number of rotatable bonds is 9. The van der Waals surface area contributed by atoms with Crippen molar-refractivity contribution in [2.24, 2.45) is 0 Å². The molecule has 1 heterocycles. The first kappa shape index (κ1) is 20.7. The van der Waals surface area contributed by atoms with Crippen LogP contribution >= 0.6 is 11.8 Å². The molecule has 0 bridgehead atoms. The molecule has 0 radical (unpaired) electrons. The predicted octanol–water partition coefficient (Wildman–Crippen LogP) is 2.70. The summed E-state index contributed by atoms with van der Waals surface area (Å²) in [5, 5.41) is 0.261. The first-order chi connectivity index (χ1) is 13.0. The number of hydrogen-bond acceptors (Lipinski definition) is 7. The van der Waals surface area contributed by atoms with Gasteiger partial charge < -0.3 is 9.47 Å². The van der Waals surface area contributed by atoms with Crippen LogP contribution in [0.15, 0.2) is 40.3 Å². The second-order valence-electron chi connectivity index (χ2n) is 5.55. The molecule has 27 heavy (non-hydrogen) atoms. The predicted molar refractivity (Wildman–Crippen MR) is 102 cm³/mol. The third kappa shape index (κ3) is 5.19. The van der Waals surface area contributed by atoms with Gasteiger partial charge in [-0.15, -0.1) is 0 Å². The maximum Gasteiger partial charge on any atom is 0.361 e. The number of esters is 1. The number of Topliss-reactive ketones (excluding diaryl/α,β-unsaturated/α-hetero) is 1. The molecule has 7 nitrogen and oxygen atoms in total. The lowest BCUT2D eigenvalue weighted by molar-refractivity contribution is -0.119. The van der Waals surface area contributed by atoms with Gasteiger partial charge in [-0.25, -0.2) is 9.78 Å². The minimum Gasteiger partial charge on any atom is -0.481 e. The van der Waals surface area contributed by atoms with Gasteiger partial charge in [-0.1, -0.05) is 49.0 Å². The zero-order valence-electron chi connectivity index (χ0n) is 15.6. The fourth-order valence-electron chi connectivity index (χ4n) is 2.30. The summed E-state index contributed by atoms with van der Waals surface area (Å²) < 4.78 is 11.9. The Labute approximate surface area is 161 Å². The Morgan fingerprint density at radius 2 is 1.89 bits per heavy atom. The van der Waals surface area contributed by atoms with Crippen molar-refractivity contribution in [2.45, 2.75) is 38.6 Å². The van der Waals surface area contributed by atoms with Gasteiger partial charge in [-0.05, 0) is 18.7 Å². The van der Waals surface area contributed by atoms with Crippen molar-refractivity contribution in [3.8, 4) is 5.75 Å². The summed E-state index contributed by atoms with van der Waals surface area (Å²) in [7, 11) is 0. The Morgan fingerprint density at radius 3 is 2.48 bits per heavy atom. The van der Waals surface area contributed by atoms with E-state index in [2.05, 4.69) is 4.98 Å². The van der Waals surface area contributed by atoms with E-state index in [1.165, 1.54) is 16.3 Å². The van der Waals surface area contributed by atoms with Crippen LogP contribution in [0.3, 0.4) is 0 Å². The van der Waals surface area contributed by atoms with Gasteiger partial charge in [0.05, 0.1) is 13.2 Å². The van der Waals surface area contributed by atoms with Gasteiger partial charge in [0.15, 0.2) is 16.6 Å². The Balaban J connectivity index is 2.50. The average molecular weight is 390 g/mol. The molecule has 2 aromatic rings. The van der Waals surface area contributed by atoms with E-state index in [9.17, 15) is 14.4 Å². The zero-order valence-corrected chi connectivity index (χ0v) is 16.4. The third-order valence-corrected chi connectivity index (χ3v) is 4.38. The van der Waals surface area contributed by atoms with E-state index in [1.54, 1.807) is 20.1 Å². The van der Waals surface area contributed by atoms with E-state index in [0.717, 1.165) is 5.56 Å². The van der Waals surface area contributed by atoms with Crippen LogP contribution in [-0.2, 0) is 22.7 Å². The van der Waals surface area contributed by atoms with Crippen LogP contribution in [0.5, 0.6) is 5.75 Å². The summed E-state index contributed by atoms with van der Waals surface area (Å²) in [6.45, 7) is 3.50. The van der Waals surface area contributed by atoms with Gasteiger partial charge in [0.1, 0.15) is 6.61 Å². The highest BCUT2D eigenvalue weighted by Gasteiger charge is 2.24. The van der Waals surface area contributed by atoms with Gasteiger partial charge >= 0.3 is 5.97 Å². The van der Waals surface area contributed by atoms with E-state index < -0.39 is 11.5 Å². The minimum atomic E-state index is -0.734. The van der Waals surface area contributed by atoms with Crippen molar-refractivity contribution in [3.05, 3.63) is 51.9 Å². The molecule has 0 saturated heterocycles. The maximum atomic E-state index is 13.0. The van der Waals surface area contributed by atoms with Crippen molar-refractivity contribution in [3.63, 3.8) is 0 Å². The van der Waals surface area contributed by atoms with E-state index in [1.807, 2.05) is 30.3 Å². The molecule has 0 saturated carbocycles. The minimum absolute atomic E-state index is 0.0878. The zero-order chi connectivity index (χ0) is 19.8. The Bertz CT molecular complexity index is 864. The first-order valence-corrected chi connectivity index (χ1v) is 9.78. The number of benzene rings is 1. The molecule has 2 rings (SSSR count). The van der Waals surface area contributed by atoms with Crippen LogP contribution in [0, 0.1) is 0 Å². The molecule has 8 heteroatoms. The smallest absolute Gasteiger partial charge is 0.361 e. The number of carbonyl (C=O) groups is 2. The van der Waals surface area contributed by atoms with Gasteiger partial charge in [-0.3, -0.25) is 14.2 Å². The van der Waals surface area contributed by atoms with Crippen LogP contribution in [0.2, 0.25) is 0 Å². The van der Waals surface area contributed by atoms with Crippen molar-refractivity contribution in [1.29, 1.82) is 0 Å². The highest BCUT2D eigenvalue weighted by molar-refractivity contribution is 7.98. The largest absolute Gasteiger partial charge is 0.481 e. The monoisotopic (exact) mass is 390 g/mol. The van der Waals surface area contributed by atoms with Crippen molar-refractivity contribution in [1.82, 2.24) is 9.55 Å². The molecule has 0 unspecified atom stereocenters. The summed E-state index contributed by atoms with van der Waals surface area (Å²) in [6, 6.07) is 9.24. The normalized spacial score (nSPS) is 10.5. The number of nitrogens with zero attached hydrogens (tertiary/aromatic N) is 2. The molecular formula is C19H22N2O5S. The summed E-state index contributed by atoms with van der Waals surface area (Å²) in [4.78, 5) is 41.4. The van der Waals surface area contributed by atoms with E-state index >= 15 is 0 Å². The molecule has 0 atom stereocenters. The number of aromatic nitrogens is 2. The second kappa shape index (κ2) is 9.91. The standard InChI is InChI=1S/C19H22N2O5S/c1-4-14(22)11-21-17(23)16(26-12-13-9-7-6-8-10-13)15(18(24)25-5-2)20-19(21)27-3/h6-10H,4-5,11-12H2,1-3H3. The topological polar surface area (TPSA) is 87.5 Å².